The van der Waals surface area contributed by atoms with Crippen LogP contribution in [0.15, 0.2) is 30.3 Å². The molecule has 0 bridgehead atoms. The fourth-order valence-corrected chi connectivity index (χ4v) is 1.29. The third-order valence-corrected chi connectivity index (χ3v) is 2.29. The highest BCUT2D eigenvalue weighted by Gasteiger charge is 2.11. The lowest BCUT2D eigenvalue weighted by Crippen LogP contribution is -2.15. The highest BCUT2D eigenvalue weighted by molar-refractivity contribution is 5.88. The summed E-state index contributed by atoms with van der Waals surface area (Å²) in [6.07, 6.45) is 2.88. The number of benzene rings is 1. The largest absolute Gasteiger partial charge is 0.463 e. The van der Waals surface area contributed by atoms with Crippen molar-refractivity contribution in [3.05, 3.63) is 35.9 Å². The first-order chi connectivity index (χ1) is 9.04. The lowest BCUT2D eigenvalue weighted by atomic mass is 10.2. The van der Waals surface area contributed by atoms with Gasteiger partial charge in [0.2, 0.25) is 0 Å². The number of rotatable bonds is 5. The van der Waals surface area contributed by atoms with Gasteiger partial charge in [0.1, 0.15) is 5.75 Å². The van der Waals surface area contributed by atoms with Gasteiger partial charge in [-0.05, 0) is 19.1 Å². The molecule has 0 aliphatic rings. The quantitative estimate of drug-likeness (QED) is 0.465. The van der Waals surface area contributed by atoms with Crippen molar-refractivity contribution in [3.8, 4) is 5.75 Å². The highest BCUT2D eigenvalue weighted by Crippen LogP contribution is 2.20. The summed E-state index contributed by atoms with van der Waals surface area (Å²) in [5.74, 6) is -0.506. The van der Waals surface area contributed by atoms with Gasteiger partial charge in [-0.1, -0.05) is 32.0 Å². The molecule has 4 heteroatoms. The second-order valence-electron chi connectivity index (χ2n) is 4.20. The Kier molecular flexibility index (Phi) is 5.79. The van der Waals surface area contributed by atoms with Crippen molar-refractivity contribution in [1.29, 1.82) is 0 Å². The normalized spacial score (nSPS) is 10.7. The summed E-state index contributed by atoms with van der Waals surface area (Å²) in [6, 6.07) is 7.02. The number of hydrogen-bond donors (Lipinski definition) is 0. The fourth-order valence-electron chi connectivity index (χ4n) is 1.29. The Hall–Kier alpha value is -2.10. The molecule has 0 unspecified atom stereocenters. The smallest absolute Gasteiger partial charge is 0.330 e. The summed E-state index contributed by atoms with van der Waals surface area (Å²) < 4.78 is 10.0. The molecule has 0 aliphatic heterocycles. The van der Waals surface area contributed by atoms with Crippen LogP contribution in [-0.4, -0.2) is 18.5 Å². The number of carbonyl (C=O) groups excluding carboxylic acids is 2. The van der Waals surface area contributed by atoms with Gasteiger partial charge in [0.25, 0.3) is 0 Å². The van der Waals surface area contributed by atoms with Crippen molar-refractivity contribution in [1.82, 2.24) is 0 Å². The van der Waals surface area contributed by atoms with E-state index < -0.39 is 5.97 Å². The molecule has 102 valence electrons. The molecule has 0 N–H and O–H groups in total. The Morgan fingerprint density at radius 1 is 1.26 bits per heavy atom. The zero-order valence-corrected chi connectivity index (χ0v) is 11.4. The van der Waals surface area contributed by atoms with Gasteiger partial charge in [0, 0.05) is 11.6 Å². The fraction of sp³-hybridized carbons (Fsp3) is 0.333. The molecule has 4 nitrogen and oxygen atoms in total. The minimum absolute atomic E-state index is 0.206. The van der Waals surface area contributed by atoms with Gasteiger partial charge >= 0.3 is 11.9 Å². The summed E-state index contributed by atoms with van der Waals surface area (Å²) in [6.45, 7) is 5.59. The van der Waals surface area contributed by atoms with Gasteiger partial charge in [0.15, 0.2) is 0 Å². The molecular weight excluding hydrogens is 244 g/mol. The first-order valence-electron chi connectivity index (χ1n) is 6.20. The van der Waals surface area contributed by atoms with Crippen molar-refractivity contribution in [2.75, 3.05) is 6.61 Å². The van der Waals surface area contributed by atoms with Gasteiger partial charge in [0.05, 0.1) is 12.5 Å². The van der Waals surface area contributed by atoms with Crippen LogP contribution in [0.3, 0.4) is 0 Å². The van der Waals surface area contributed by atoms with E-state index in [1.165, 1.54) is 6.08 Å². The number of carbonyl (C=O) groups is 2. The third kappa shape index (κ3) is 4.95. The van der Waals surface area contributed by atoms with Crippen LogP contribution in [0.4, 0.5) is 0 Å². The van der Waals surface area contributed by atoms with Crippen molar-refractivity contribution >= 4 is 18.0 Å². The number of ether oxygens (including phenoxy) is 2. The zero-order chi connectivity index (χ0) is 14.3. The summed E-state index contributed by atoms with van der Waals surface area (Å²) in [7, 11) is 0. The molecule has 1 rings (SSSR count). The molecule has 1 aromatic rings. The summed E-state index contributed by atoms with van der Waals surface area (Å²) >= 11 is 0. The Labute approximate surface area is 113 Å². The van der Waals surface area contributed by atoms with Crippen LogP contribution in [-0.2, 0) is 14.3 Å². The van der Waals surface area contributed by atoms with Gasteiger partial charge in [-0.2, -0.15) is 0 Å². The molecule has 0 amide bonds. The van der Waals surface area contributed by atoms with E-state index in [1.807, 2.05) is 0 Å². The topological polar surface area (TPSA) is 52.6 Å². The van der Waals surface area contributed by atoms with Crippen LogP contribution in [0.1, 0.15) is 26.3 Å². The van der Waals surface area contributed by atoms with Crippen LogP contribution in [0, 0.1) is 5.92 Å². The average Bonchev–Trinajstić information content (AvgIpc) is 2.38. The van der Waals surface area contributed by atoms with E-state index in [-0.39, 0.29) is 11.9 Å². The summed E-state index contributed by atoms with van der Waals surface area (Å²) in [4.78, 5) is 22.8. The molecule has 0 radical (unpaired) electrons. The van der Waals surface area contributed by atoms with Crippen molar-refractivity contribution in [3.63, 3.8) is 0 Å². The summed E-state index contributed by atoms with van der Waals surface area (Å²) in [5, 5.41) is 0. The molecular formula is C15H18O4. The molecule has 0 fully saturated rings. The number of para-hydroxylation sites is 1. The third-order valence-electron chi connectivity index (χ3n) is 2.29. The van der Waals surface area contributed by atoms with Crippen molar-refractivity contribution < 1.29 is 19.1 Å². The average molecular weight is 262 g/mol. The standard InChI is InChI=1S/C15H18O4/c1-4-18-14(16)10-9-12-7-5-6-8-13(12)19-15(17)11(2)3/h5-11H,4H2,1-3H3/b10-9+. The maximum atomic E-state index is 11.6. The zero-order valence-electron chi connectivity index (χ0n) is 11.4. The predicted molar refractivity (Wildman–Crippen MR) is 72.6 cm³/mol. The van der Waals surface area contributed by atoms with E-state index in [1.54, 1.807) is 51.1 Å². The van der Waals surface area contributed by atoms with Gasteiger partial charge < -0.3 is 9.47 Å². The molecule has 0 spiro atoms. The monoisotopic (exact) mass is 262 g/mol. The van der Waals surface area contributed by atoms with Crippen molar-refractivity contribution in [2.24, 2.45) is 5.92 Å². The van der Waals surface area contributed by atoms with Crippen molar-refractivity contribution in [2.45, 2.75) is 20.8 Å². The molecule has 0 saturated carbocycles. The molecule has 1 aromatic carbocycles. The highest BCUT2D eigenvalue weighted by atomic mass is 16.5. The van der Waals surface area contributed by atoms with Crippen LogP contribution in [0.5, 0.6) is 5.75 Å². The molecule has 0 aliphatic carbocycles. The Bertz CT molecular complexity index is 475. The van der Waals surface area contributed by atoms with E-state index in [9.17, 15) is 9.59 Å². The molecule has 0 atom stereocenters. The maximum absolute atomic E-state index is 11.6. The maximum Gasteiger partial charge on any atom is 0.330 e. The van der Waals surface area contributed by atoms with Crippen LogP contribution in [0.2, 0.25) is 0 Å². The van der Waals surface area contributed by atoms with Gasteiger partial charge in [-0.3, -0.25) is 4.79 Å². The van der Waals surface area contributed by atoms with Crippen LogP contribution in [0.25, 0.3) is 6.08 Å². The minimum atomic E-state index is -0.424. The van der Waals surface area contributed by atoms with E-state index >= 15 is 0 Å². The van der Waals surface area contributed by atoms with E-state index in [0.717, 1.165) is 0 Å². The molecule has 0 heterocycles. The SMILES string of the molecule is CCOC(=O)/C=C/c1ccccc1OC(=O)C(C)C. The van der Waals surface area contributed by atoms with E-state index in [4.69, 9.17) is 9.47 Å². The Morgan fingerprint density at radius 2 is 1.95 bits per heavy atom. The lowest BCUT2D eigenvalue weighted by molar-refractivity contribution is -0.138. The second-order valence-corrected chi connectivity index (χ2v) is 4.20. The summed E-state index contributed by atoms with van der Waals surface area (Å²) in [5.41, 5.74) is 0.657. The van der Waals surface area contributed by atoms with E-state index in [2.05, 4.69) is 0 Å². The first-order valence-corrected chi connectivity index (χ1v) is 6.20. The van der Waals surface area contributed by atoms with E-state index in [0.29, 0.717) is 17.9 Å². The van der Waals surface area contributed by atoms with Crippen LogP contribution >= 0.6 is 0 Å². The van der Waals surface area contributed by atoms with Gasteiger partial charge in [-0.15, -0.1) is 0 Å². The minimum Gasteiger partial charge on any atom is -0.463 e. The number of esters is 2. The first kappa shape index (κ1) is 15.0. The molecule has 0 saturated heterocycles. The molecule has 19 heavy (non-hydrogen) atoms. The lowest BCUT2D eigenvalue weighted by Gasteiger charge is -2.09. The molecule has 0 aromatic heterocycles. The Morgan fingerprint density at radius 3 is 2.58 bits per heavy atom. The second kappa shape index (κ2) is 7.36. The Balaban J connectivity index is 2.84. The predicted octanol–water partition coefficient (Wildman–Crippen LogP) is 2.82. The number of hydrogen-bond acceptors (Lipinski definition) is 4. The van der Waals surface area contributed by atoms with Crippen LogP contribution < -0.4 is 4.74 Å². The van der Waals surface area contributed by atoms with Gasteiger partial charge in [-0.25, -0.2) is 4.79 Å².